The average molecular weight is 398 g/mol. The van der Waals surface area contributed by atoms with Gasteiger partial charge in [0.1, 0.15) is 17.7 Å². The van der Waals surface area contributed by atoms with Crippen molar-refractivity contribution in [1.82, 2.24) is 14.5 Å². The Morgan fingerprint density at radius 2 is 1.93 bits per heavy atom. The van der Waals surface area contributed by atoms with Gasteiger partial charge < -0.3 is 0 Å². The monoisotopic (exact) mass is 398 g/mol. The number of nitriles is 1. The maximum Gasteiger partial charge on any atom is 0.134 e. The van der Waals surface area contributed by atoms with Crippen LogP contribution in [0, 0.1) is 17.1 Å². The second kappa shape index (κ2) is 7.12. The van der Waals surface area contributed by atoms with E-state index in [2.05, 4.69) is 16.0 Å². The third kappa shape index (κ3) is 3.06. The summed E-state index contributed by atoms with van der Waals surface area (Å²) in [6, 6.07) is 17.5. The fourth-order valence-corrected chi connectivity index (χ4v) is 4.30. The average Bonchev–Trinajstić information content (AvgIpc) is 3.42. The van der Waals surface area contributed by atoms with Crippen LogP contribution in [0.4, 0.5) is 4.39 Å². The van der Waals surface area contributed by atoms with Crippen molar-refractivity contribution in [2.75, 3.05) is 0 Å². The zero-order valence-corrected chi connectivity index (χ0v) is 16.2. The largest absolute Gasteiger partial charge is 0.298 e. The van der Waals surface area contributed by atoms with Crippen LogP contribution >= 0.6 is 11.3 Å². The first-order valence-corrected chi connectivity index (χ1v) is 10.1. The number of halogens is 1. The molecule has 0 amide bonds. The van der Waals surface area contributed by atoms with Gasteiger partial charge in [0.2, 0.25) is 0 Å². The standard InChI is InChI=1S/C23H15FN4S/c24-19-12-20-18(11-17(19)22-4-2-10-29-22)23-21(13-26-20)27-14-28(23)16-7-5-15(6-8-16)3-1-9-25/h2,4-8,10-14H,1,3H2. The Bertz CT molecular complexity index is 1360. The van der Waals surface area contributed by atoms with Crippen LogP contribution in [0.5, 0.6) is 0 Å². The van der Waals surface area contributed by atoms with Crippen molar-refractivity contribution in [2.45, 2.75) is 12.8 Å². The van der Waals surface area contributed by atoms with E-state index in [-0.39, 0.29) is 5.82 Å². The second-order valence-electron chi connectivity index (χ2n) is 6.76. The molecule has 3 aromatic heterocycles. The Kier molecular flexibility index (Phi) is 4.30. The van der Waals surface area contributed by atoms with Gasteiger partial charge in [-0.1, -0.05) is 18.2 Å². The smallest absolute Gasteiger partial charge is 0.134 e. The molecule has 3 heterocycles. The molecule has 0 atom stereocenters. The Labute approximate surface area is 170 Å². The van der Waals surface area contributed by atoms with E-state index in [1.165, 1.54) is 17.4 Å². The van der Waals surface area contributed by atoms with Gasteiger partial charge in [-0.2, -0.15) is 5.26 Å². The molecule has 6 heteroatoms. The molecule has 0 N–H and O–H groups in total. The van der Waals surface area contributed by atoms with Gasteiger partial charge in [0.25, 0.3) is 0 Å². The maximum absolute atomic E-state index is 14.7. The number of nitrogens with zero attached hydrogens (tertiary/aromatic N) is 4. The van der Waals surface area contributed by atoms with Crippen molar-refractivity contribution in [1.29, 1.82) is 5.26 Å². The van der Waals surface area contributed by atoms with E-state index in [1.54, 1.807) is 12.5 Å². The van der Waals surface area contributed by atoms with E-state index in [4.69, 9.17) is 5.26 Å². The number of thiophene rings is 1. The molecule has 0 saturated heterocycles. The minimum atomic E-state index is -0.278. The van der Waals surface area contributed by atoms with Crippen molar-refractivity contribution >= 4 is 33.3 Å². The molecule has 0 aliphatic rings. The van der Waals surface area contributed by atoms with Crippen molar-refractivity contribution < 1.29 is 4.39 Å². The van der Waals surface area contributed by atoms with Crippen LogP contribution in [0.25, 0.3) is 38.1 Å². The summed E-state index contributed by atoms with van der Waals surface area (Å²) in [7, 11) is 0. The van der Waals surface area contributed by atoms with Crippen LogP contribution in [0.2, 0.25) is 0 Å². The molecule has 0 aliphatic carbocycles. The van der Waals surface area contributed by atoms with Crippen LogP contribution in [0.3, 0.4) is 0 Å². The number of imidazole rings is 1. The summed E-state index contributed by atoms with van der Waals surface area (Å²) in [6.45, 7) is 0. The molecular weight excluding hydrogens is 383 g/mol. The maximum atomic E-state index is 14.7. The molecular formula is C23H15FN4S. The quantitative estimate of drug-likeness (QED) is 0.379. The summed E-state index contributed by atoms with van der Waals surface area (Å²) in [5, 5.41) is 11.6. The number of aromatic nitrogens is 3. The van der Waals surface area contributed by atoms with Crippen LogP contribution in [-0.2, 0) is 6.42 Å². The molecule has 0 spiro atoms. The summed E-state index contributed by atoms with van der Waals surface area (Å²) in [6.07, 6.45) is 4.68. The molecule has 5 rings (SSSR count). The van der Waals surface area contributed by atoms with Gasteiger partial charge in [-0.25, -0.2) is 9.37 Å². The molecule has 0 radical (unpaired) electrons. The summed E-state index contributed by atoms with van der Waals surface area (Å²) in [5.41, 5.74) is 4.91. The van der Waals surface area contributed by atoms with Gasteiger partial charge in [-0.05, 0) is 41.6 Å². The van der Waals surface area contributed by atoms with E-state index in [0.29, 0.717) is 17.5 Å². The number of hydrogen-bond donors (Lipinski definition) is 0. The number of pyridine rings is 1. The van der Waals surface area contributed by atoms with Crippen LogP contribution in [0.1, 0.15) is 12.0 Å². The third-order valence-corrected chi connectivity index (χ3v) is 5.89. The Morgan fingerprint density at radius 1 is 1.07 bits per heavy atom. The SMILES string of the molecule is N#CCCc1ccc(-n2cnc3cnc4cc(F)c(-c5cccs5)cc4c32)cc1. The predicted octanol–water partition coefficient (Wildman–Crippen LogP) is 5.90. The highest BCUT2D eigenvalue weighted by atomic mass is 32.1. The highest BCUT2D eigenvalue weighted by Crippen LogP contribution is 2.33. The number of benzene rings is 2. The van der Waals surface area contributed by atoms with Crippen LogP contribution in [-0.4, -0.2) is 14.5 Å². The third-order valence-electron chi connectivity index (χ3n) is 4.99. The summed E-state index contributed by atoms with van der Waals surface area (Å²) >= 11 is 1.51. The summed E-state index contributed by atoms with van der Waals surface area (Å²) in [5.74, 6) is -0.278. The number of fused-ring (bicyclic) bond motifs is 3. The number of hydrogen-bond acceptors (Lipinski definition) is 4. The fraction of sp³-hybridized carbons (Fsp3) is 0.0870. The zero-order valence-electron chi connectivity index (χ0n) is 15.3. The molecule has 2 aromatic carbocycles. The van der Waals surface area contributed by atoms with Crippen molar-refractivity contribution in [3.8, 4) is 22.2 Å². The van der Waals surface area contributed by atoms with Crippen LogP contribution in [0.15, 0.2) is 66.4 Å². The summed E-state index contributed by atoms with van der Waals surface area (Å²) in [4.78, 5) is 9.79. The molecule has 0 saturated carbocycles. The van der Waals surface area contributed by atoms with Crippen molar-refractivity contribution in [2.24, 2.45) is 0 Å². The minimum Gasteiger partial charge on any atom is -0.298 e. The van der Waals surface area contributed by atoms with Gasteiger partial charge >= 0.3 is 0 Å². The van der Waals surface area contributed by atoms with Gasteiger partial charge in [0.05, 0.1) is 23.3 Å². The van der Waals surface area contributed by atoms with Crippen molar-refractivity contribution in [3.63, 3.8) is 0 Å². The molecule has 29 heavy (non-hydrogen) atoms. The van der Waals surface area contributed by atoms with E-state index >= 15 is 0 Å². The molecule has 0 aliphatic heterocycles. The lowest BCUT2D eigenvalue weighted by Gasteiger charge is -2.09. The lowest BCUT2D eigenvalue weighted by Crippen LogP contribution is -1.95. The van der Waals surface area contributed by atoms with Gasteiger partial charge in [0, 0.05) is 34.0 Å². The number of rotatable bonds is 4. The molecule has 0 unspecified atom stereocenters. The van der Waals surface area contributed by atoms with E-state index in [1.807, 2.05) is 52.4 Å². The molecule has 140 valence electrons. The molecule has 0 fully saturated rings. The topological polar surface area (TPSA) is 54.5 Å². The van der Waals surface area contributed by atoms with E-state index in [0.717, 1.165) is 39.0 Å². The van der Waals surface area contributed by atoms with Crippen LogP contribution < -0.4 is 0 Å². The van der Waals surface area contributed by atoms with E-state index in [9.17, 15) is 4.39 Å². The predicted molar refractivity (Wildman–Crippen MR) is 114 cm³/mol. The lowest BCUT2D eigenvalue weighted by molar-refractivity contribution is 0.633. The molecule has 4 nitrogen and oxygen atoms in total. The van der Waals surface area contributed by atoms with E-state index < -0.39 is 0 Å². The molecule has 0 bridgehead atoms. The lowest BCUT2D eigenvalue weighted by atomic mass is 10.1. The highest BCUT2D eigenvalue weighted by molar-refractivity contribution is 7.13. The van der Waals surface area contributed by atoms with Crippen molar-refractivity contribution in [3.05, 3.63) is 77.8 Å². The zero-order chi connectivity index (χ0) is 19.8. The van der Waals surface area contributed by atoms with Gasteiger partial charge in [-0.15, -0.1) is 11.3 Å². The normalized spacial score (nSPS) is 11.2. The Balaban J connectivity index is 1.70. The van der Waals surface area contributed by atoms with Gasteiger partial charge in [0.15, 0.2) is 0 Å². The number of aryl methyl sites for hydroxylation is 1. The first-order chi connectivity index (χ1) is 14.2. The Morgan fingerprint density at radius 3 is 2.69 bits per heavy atom. The van der Waals surface area contributed by atoms with Gasteiger partial charge in [-0.3, -0.25) is 9.55 Å². The fourth-order valence-electron chi connectivity index (χ4n) is 3.55. The molecule has 5 aromatic rings. The first kappa shape index (κ1) is 17.5. The second-order valence-corrected chi connectivity index (χ2v) is 7.71. The first-order valence-electron chi connectivity index (χ1n) is 9.20. The highest BCUT2D eigenvalue weighted by Gasteiger charge is 2.14. The Hall–Kier alpha value is -3.56. The summed E-state index contributed by atoms with van der Waals surface area (Å²) < 4.78 is 16.7. The minimum absolute atomic E-state index is 0.278.